The van der Waals surface area contributed by atoms with Gasteiger partial charge in [-0.3, -0.25) is 0 Å². The highest BCUT2D eigenvalue weighted by Gasteiger charge is 2.25. The van der Waals surface area contributed by atoms with Gasteiger partial charge < -0.3 is 5.73 Å². The van der Waals surface area contributed by atoms with E-state index in [0.717, 1.165) is 25.0 Å². The van der Waals surface area contributed by atoms with E-state index in [9.17, 15) is 0 Å². The first-order chi connectivity index (χ1) is 4.66. The normalized spacial score (nSPS) is 32.6. The Labute approximate surface area is 61.3 Å². The van der Waals surface area contributed by atoms with Gasteiger partial charge in [-0.25, -0.2) is 0 Å². The van der Waals surface area contributed by atoms with Crippen LogP contribution in [0.4, 0.5) is 0 Å². The van der Waals surface area contributed by atoms with Crippen LogP contribution in [-0.2, 0) is 0 Å². The van der Waals surface area contributed by atoms with Crippen molar-refractivity contribution in [2.24, 2.45) is 11.1 Å². The lowest BCUT2D eigenvalue weighted by molar-refractivity contribution is 0.390. The Morgan fingerprint density at radius 3 is 2.90 bits per heavy atom. The van der Waals surface area contributed by atoms with Crippen molar-refractivity contribution in [3.63, 3.8) is 0 Å². The minimum atomic E-state index is -0.150. The molecule has 0 heterocycles. The lowest BCUT2D eigenvalue weighted by Gasteiger charge is -2.23. The molecule has 0 radical (unpaired) electrons. The maximum atomic E-state index is 8.72. The molecule has 0 spiro atoms. The summed E-state index contributed by atoms with van der Waals surface area (Å²) in [5, 5.41) is 8.72. The number of nitrogens with zero attached hydrogens (tertiary/aromatic N) is 1. The molecule has 0 amide bonds. The van der Waals surface area contributed by atoms with Gasteiger partial charge in [0.1, 0.15) is 0 Å². The van der Waals surface area contributed by atoms with Crippen LogP contribution in [0.25, 0.3) is 0 Å². The average molecular weight is 136 g/mol. The second-order valence-corrected chi connectivity index (χ2v) is 3.16. The molecule has 1 rings (SSSR count). The number of nitrogens with two attached hydrogens (primary N) is 1. The van der Waals surface area contributed by atoms with Crippen LogP contribution in [0, 0.1) is 16.7 Å². The highest BCUT2D eigenvalue weighted by Crippen LogP contribution is 2.32. The number of nitriles is 1. The third-order valence-corrected chi connectivity index (χ3v) is 2.05. The highest BCUT2D eigenvalue weighted by molar-refractivity contribution is 5.11. The smallest absolute Gasteiger partial charge is 0.0690 e. The summed E-state index contributed by atoms with van der Waals surface area (Å²) in [6.45, 7) is 1.98. The van der Waals surface area contributed by atoms with Gasteiger partial charge in [-0.2, -0.15) is 5.26 Å². The van der Waals surface area contributed by atoms with Gasteiger partial charge in [0.05, 0.1) is 11.5 Å². The van der Waals surface area contributed by atoms with Crippen molar-refractivity contribution in [1.82, 2.24) is 0 Å². The van der Waals surface area contributed by atoms with Crippen molar-refractivity contribution in [2.75, 3.05) is 0 Å². The van der Waals surface area contributed by atoms with E-state index in [2.05, 4.69) is 6.07 Å². The van der Waals surface area contributed by atoms with Gasteiger partial charge >= 0.3 is 0 Å². The van der Waals surface area contributed by atoms with Crippen LogP contribution >= 0.6 is 0 Å². The lowest BCUT2D eigenvalue weighted by Crippen LogP contribution is -2.18. The molecule has 0 bridgehead atoms. The molecule has 0 fully saturated rings. The summed E-state index contributed by atoms with van der Waals surface area (Å²) in [5.41, 5.74) is 6.35. The fourth-order valence-electron chi connectivity index (χ4n) is 1.08. The zero-order chi connectivity index (χ0) is 7.61. The molecule has 2 N–H and O–H groups in total. The second-order valence-electron chi connectivity index (χ2n) is 3.16. The molecule has 1 aliphatic carbocycles. The van der Waals surface area contributed by atoms with E-state index in [4.69, 9.17) is 11.0 Å². The van der Waals surface area contributed by atoms with E-state index in [1.165, 1.54) is 0 Å². The molecule has 0 aromatic rings. The summed E-state index contributed by atoms with van der Waals surface area (Å²) in [6.07, 6.45) is 4.57. The molecule has 10 heavy (non-hydrogen) atoms. The van der Waals surface area contributed by atoms with E-state index >= 15 is 0 Å². The van der Waals surface area contributed by atoms with Gasteiger partial charge in [-0.15, -0.1) is 0 Å². The first kappa shape index (κ1) is 7.14. The van der Waals surface area contributed by atoms with E-state index in [1.807, 2.05) is 13.0 Å². The SMILES string of the molecule is CC1(C#N)CC=C(N)CC1. The molecule has 0 aliphatic heterocycles. The maximum absolute atomic E-state index is 8.72. The largest absolute Gasteiger partial charge is 0.402 e. The van der Waals surface area contributed by atoms with Crippen LogP contribution in [0.1, 0.15) is 26.2 Å². The zero-order valence-corrected chi connectivity index (χ0v) is 6.22. The molecule has 1 atom stereocenters. The molecule has 0 saturated carbocycles. The Bertz CT molecular complexity index is 200. The summed E-state index contributed by atoms with van der Waals surface area (Å²) >= 11 is 0. The van der Waals surface area contributed by atoms with Crippen LogP contribution in [0.3, 0.4) is 0 Å². The highest BCUT2D eigenvalue weighted by atomic mass is 14.6. The average Bonchev–Trinajstić information content (AvgIpc) is 1.96. The quantitative estimate of drug-likeness (QED) is 0.549. The predicted octanol–water partition coefficient (Wildman–Crippen LogP) is 1.54. The number of rotatable bonds is 0. The maximum Gasteiger partial charge on any atom is 0.0690 e. The summed E-state index contributed by atoms with van der Waals surface area (Å²) < 4.78 is 0. The summed E-state index contributed by atoms with van der Waals surface area (Å²) in [4.78, 5) is 0. The molecule has 0 aromatic heterocycles. The summed E-state index contributed by atoms with van der Waals surface area (Å²) in [6, 6.07) is 2.30. The monoisotopic (exact) mass is 136 g/mol. The molecule has 0 aromatic carbocycles. The number of hydrogen-bond donors (Lipinski definition) is 1. The number of hydrogen-bond acceptors (Lipinski definition) is 2. The van der Waals surface area contributed by atoms with Gasteiger partial charge in [0.2, 0.25) is 0 Å². The van der Waals surface area contributed by atoms with E-state index in [1.54, 1.807) is 0 Å². The van der Waals surface area contributed by atoms with Gasteiger partial charge in [-0.05, 0) is 26.2 Å². The topological polar surface area (TPSA) is 49.8 Å². The Morgan fingerprint density at radius 1 is 1.80 bits per heavy atom. The van der Waals surface area contributed by atoms with Crippen molar-refractivity contribution >= 4 is 0 Å². The van der Waals surface area contributed by atoms with Crippen LogP contribution in [0.5, 0.6) is 0 Å². The van der Waals surface area contributed by atoms with Crippen molar-refractivity contribution in [3.05, 3.63) is 11.8 Å². The number of allylic oxidation sites excluding steroid dienone is 2. The minimum Gasteiger partial charge on any atom is -0.402 e. The first-order valence-corrected chi connectivity index (χ1v) is 3.52. The van der Waals surface area contributed by atoms with Crippen molar-refractivity contribution in [1.29, 1.82) is 5.26 Å². The van der Waals surface area contributed by atoms with Crippen molar-refractivity contribution in [3.8, 4) is 6.07 Å². The van der Waals surface area contributed by atoms with E-state index in [-0.39, 0.29) is 5.41 Å². The van der Waals surface area contributed by atoms with Gasteiger partial charge in [0.25, 0.3) is 0 Å². The van der Waals surface area contributed by atoms with Crippen LogP contribution in [-0.4, -0.2) is 0 Å². The molecule has 2 nitrogen and oxygen atoms in total. The molecule has 1 unspecified atom stereocenters. The molecule has 1 aliphatic rings. The fourth-order valence-corrected chi connectivity index (χ4v) is 1.08. The van der Waals surface area contributed by atoms with Crippen molar-refractivity contribution < 1.29 is 0 Å². The predicted molar refractivity (Wildman–Crippen MR) is 39.8 cm³/mol. The van der Waals surface area contributed by atoms with E-state index < -0.39 is 0 Å². The molecular weight excluding hydrogens is 124 g/mol. The van der Waals surface area contributed by atoms with Crippen LogP contribution in [0.2, 0.25) is 0 Å². The molecular formula is C8H12N2. The third-order valence-electron chi connectivity index (χ3n) is 2.05. The Hall–Kier alpha value is -0.970. The van der Waals surface area contributed by atoms with Gasteiger partial charge in [0.15, 0.2) is 0 Å². The zero-order valence-electron chi connectivity index (χ0n) is 6.22. The Balaban J connectivity index is 2.67. The van der Waals surface area contributed by atoms with Crippen LogP contribution in [0.15, 0.2) is 11.8 Å². The van der Waals surface area contributed by atoms with Crippen molar-refractivity contribution in [2.45, 2.75) is 26.2 Å². The lowest BCUT2D eigenvalue weighted by atomic mass is 9.79. The molecule has 2 heteroatoms. The minimum absolute atomic E-state index is 0.150. The van der Waals surface area contributed by atoms with Crippen LogP contribution < -0.4 is 5.73 Å². The second kappa shape index (κ2) is 2.34. The fraction of sp³-hybridized carbons (Fsp3) is 0.625. The Kier molecular flexibility index (Phi) is 1.67. The molecule has 0 saturated heterocycles. The first-order valence-electron chi connectivity index (χ1n) is 3.52. The molecule has 54 valence electrons. The Morgan fingerprint density at radius 2 is 2.50 bits per heavy atom. The van der Waals surface area contributed by atoms with Gasteiger partial charge in [0, 0.05) is 5.70 Å². The summed E-state index contributed by atoms with van der Waals surface area (Å²) in [7, 11) is 0. The third kappa shape index (κ3) is 1.30. The van der Waals surface area contributed by atoms with E-state index in [0.29, 0.717) is 0 Å². The van der Waals surface area contributed by atoms with Gasteiger partial charge in [-0.1, -0.05) is 6.08 Å². The standard InChI is InChI=1S/C8H12N2/c1-8(6-9)4-2-7(10)3-5-8/h2H,3-5,10H2,1H3. The summed E-state index contributed by atoms with van der Waals surface area (Å²) in [5.74, 6) is 0.